The van der Waals surface area contributed by atoms with Crippen LogP contribution in [0, 0.1) is 47.3 Å². The van der Waals surface area contributed by atoms with Gasteiger partial charge in [-0.2, -0.15) is 0 Å². The van der Waals surface area contributed by atoms with Crippen molar-refractivity contribution >= 4 is 8.07 Å². The van der Waals surface area contributed by atoms with E-state index in [-0.39, 0.29) is 0 Å². The van der Waals surface area contributed by atoms with Gasteiger partial charge in [-0.1, -0.05) is 155 Å². The summed E-state index contributed by atoms with van der Waals surface area (Å²) in [4.78, 5) is 0. The Bertz CT molecular complexity index is 891. The maximum absolute atomic E-state index is 2.89. The Kier molecular flexibility index (Phi) is 7.13. The van der Waals surface area contributed by atoms with Crippen LogP contribution in [0.1, 0.15) is 45.4 Å². The quantitative estimate of drug-likeness (QED) is 0.221. The Morgan fingerprint density at radius 3 is 1.08 bits per heavy atom. The third kappa shape index (κ3) is 4.10. The molecule has 6 aliphatic carbocycles. The molecule has 11 atom stereocenters. The van der Waals surface area contributed by atoms with Crippen molar-refractivity contribution < 1.29 is 0 Å². The molecule has 0 aromatic carbocycles. The van der Waals surface area contributed by atoms with Crippen LogP contribution in [-0.2, 0) is 0 Å². The Balaban J connectivity index is 1.38. The minimum absolute atomic E-state index is 0.694. The second-order valence-electron chi connectivity index (χ2n) is 12.8. The third-order valence-electron chi connectivity index (χ3n) is 11.0. The van der Waals surface area contributed by atoms with Gasteiger partial charge in [-0.15, -0.1) is 0 Å². The van der Waals surface area contributed by atoms with Crippen LogP contribution in [0.5, 0.6) is 0 Å². The molecule has 0 heterocycles. The molecule has 8 unspecified atom stereocenters. The van der Waals surface area contributed by atoms with Gasteiger partial charge in [0.25, 0.3) is 0 Å². The van der Waals surface area contributed by atoms with Crippen molar-refractivity contribution in [2.24, 2.45) is 47.3 Å². The summed E-state index contributed by atoms with van der Waals surface area (Å²) in [5, 5.41) is 0. The molecule has 2 saturated carbocycles. The monoisotopic (exact) mass is 494 g/mol. The molecule has 0 nitrogen and oxygen atoms in total. The smallest absolute Gasteiger partial charge is 0.0591 e. The zero-order valence-electron chi connectivity index (χ0n) is 22.5. The topological polar surface area (TPSA) is 0 Å². The van der Waals surface area contributed by atoms with Crippen molar-refractivity contribution in [1.29, 1.82) is 0 Å². The zero-order chi connectivity index (χ0) is 24.5. The van der Waals surface area contributed by atoms with Gasteiger partial charge in [0, 0.05) is 0 Å². The number of allylic oxidation sites excluding steroid dienone is 16. The molecule has 0 amide bonds. The fraction of sp³-hybridized carbons (Fsp3) is 0.543. The first-order valence-electron chi connectivity index (χ1n) is 15.1. The highest BCUT2D eigenvalue weighted by atomic mass is 28.3. The van der Waals surface area contributed by atoms with Crippen LogP contribution in [0.2, 0.25) is 23.7 Å². The number of hydrogen-bond acceptors (Lipinski definition) is 0. The Morgan fingerprint density at radius 1 is 0.417 bits per heavy atom. The van der Waals surface area contributed by atoms with E-state index in [0.717, 1.165) is 34.8 Å². The lowest BCUT2D eigenvalue weighted by Gasteiger charge is -2.48. The van der Waals surface area contributed by atoms with E-state index in [1.54, 1.807) is 0 Å². The summed E-state index contributed by atoms with van der Waals surface area (Å²) in [5.74, 6) is 5.66. The minimum atomic E-state index is -1.73. The van der Waals surface area contributed by atoms with Gasteiger partial charge in [-0.05, 0) is 58.4 Å². The summed E-state index contributed by atoms with van der Waals surface area (Å²) < 4.78 is 0. The van der Waals surface area contributed by atoms with E-state index in [1.807, 2.05) is 0 Å². The Labute approximate surface area is 221 Å². The van der Waals surface area contributed by atoms with E-state index in [1.165, 1.54) is 44.6 Å². The molecule has 0 radical (unpaired) electrons. The third-order valence-corrected chi connectivity index (χ3v) is 17.0. The molecule has 0 aromatic heterocycles. The van der Waals surface area contributed by atoms with E-state index in [2.05, 4.69) is 111 Å². The van der Waals surface area contributed by atoms with Crippen LogP contribution < -0.4 is 0 Å². The molecular weight excluding hydrogens is 448 g/mol. The Morgan fingerprint density at radius 2 is 0.722 bits per heavy atom. The summed E-state index contributed by atoms with van der Waals surface area (Å²) in [7, 11) is -1.73. The summed E-state index contributed by atoms with van der Waals surface area (Å²) in [5.41, 5.74) is 1.68. The van der Waals surface area contributed by atoms with Crippen molar-refractivity contribution in [3.05, 3.63) is 97.2 Å². The maximum atomic E-state index is 2.89. The van der Waals surface area contributed by atoms with Crippen LogP contribution in [0.4, 0.5) is 0 Å². The molecule has 0 aliphatic heterocycles. The molecule has 36 heavy (non-hydrogen) atoms. The first kappa shape index (κ1) is 24.5. The van der Waals surface area contributed by atoms with Crippen molar-refractivity contribution in [2.45, 2.75) is 69.1 Å². The van der Waals surface area contributed by atoms with Crippen LogP contribution >= 0.6 is 0 Å². The van der Waals surface area contributed by atoms with Crippen molar-refractivity contribution in [3.8, 4) is 0 Å². The highest BCUT2D eigenvalue weighted by molar-refractivity contribution is 6.82. The van der Waals surface area contributed by atoms with Crippen molar-refractivity contribution in [1.82, 2.24) is 0 Å². The van der Waals surface area contributed by atoms with Crippen molar-refractivity contribution in [3.63, 3.8) is 0 Å². The van der Waals surface area contributed by atoms with Crippen molar-refractivity contribution in [2.75, 3.05) is 0 Å². The Hall–Kier alpha value is -1.86. The lowest BCUT2D eigenvalue weighted by molar-refractivity contribution is 0.461. The largest absolute Gasteiger partial charge is 0.0808 e. The summed E-state index contributed by atoms with van der Waals surface area (Å²) in [6.07, 6.45) is 48.2. The van der Waals surface area contributed by atoms with Crippen LogP contribution in [-0.4, -0.2) is 8.07 Å². The van der Waals surface area contributed by atoms with E-state index < -0.39 is 8.07 Å². The van der Waals surface area contributed by atoms with Gasteiger partial charge in [-0.3, -0.25) is 0 Å². The average Bonchev–Trinajstić information content (AvgIpc) is 3.45. The van der Waals surface area contributed by atoms with Gasteiger partial charge in [0.2, 0.25) is 0 Å². The van der Waals surface area contributed by atoms with Gasteiger partial charge in [0.1, 0.15) is 0 Å². The first-order valence-corrected chi connectivity index (χ1v) is 18.0. The molecule has 2 fully saturated rings. The number of hydrogen-bond donors (Lipinski definition) is 0. The summed E-state index contributed by atoms with van der Waals surface area (Å²) >= 11 is 0. The summed E-state index contributed by atoms with van der Waals surface area (Å²) in [6, 6.07) is 1.51. The molecule has 0 saturated heterocycles. The number of rotatable bonds is 9. The highest BCUT2D eigenvalue weighted by Gasteiger charge is 2.62. The molecule has 6 aliphatic rings. The SMILES string of the molecule is CCCCCCCC[Si](C)(C1C2C=CC=CC2[C@@H]2C=CC=CC12)C1C2C=CC=C[C@H]2C2C=CC=C[C@@H]21. The van der Waals surface area contributed by atoms with Gasteiger partial charge >= 0.3 is 0 Å². The molecule has 0 bridgehead atoms. The van der Waals surface area contributed by atoms with Gasteiger partial charge in [0.05, 0.1) is 8.07 Å². The lowest BCUT2D eigenvalue weighted by atomic mass is 9.83. The fourth-order valence-electron chi connectivity index (χ4n) is 9.66. The van der Waals surface area contributed by atoms with Gasteiger partial charge in [-0.25, -0.2) is 0 Å². The van der Waals surface area contributed by atoms with Crippen LogP contribution in [0.15, 0.2) is 97.2 Å². The van der Waals surface area contributed by atoms with Crippen LogP contribution in [0.25, 0.3) is 0 Å². The van der Waals surface area contributed by atoms with E-state index in [4.69, 9.17) is 0 Å². The maximum Gasteiger partial charge on any atom is 0.0591 e. The standard InChI is InChI=1S/C35H46Si/c1-3-4-5-6-7-16-25-36(2,34-30-21-12-8-17-26(30)27-18-9-13-22-31(27)34)35-32-23-14-10-19-28(32)29-20-11-15-24-33(29)35/h8-15,17-24,26-35H,3-7,16,25H2,1-2H3/t26-,27?,28-,29?,30?,31-,32?,33?,34?,35?,36?/m0/s1. The van der Waals surface area contributed by atoms with E-state index in [0.29, 0.717) is 23.7 Å². The van der Waals surface area contributed by atoms with Gasteiger partial charge < -0.3 is 0 Å². The normalized spacial score (nSPS) is 42.3. The second-order valence-corrected chi connectivity index (χ2v) is 17.6. The molecule has 1 heteroatoms. The second kappa shape index (κ2) is 10.5. The summed E-state index contributed by atoms with van der Waals surface area (Å²) in [6.45, 7) is 5.23. The molecule has 6 rings (SSSR count). The highest BCUT2D eigenvalue weighted by Crippen LogP contribution is 2.67. The predicted octanol–water partition coefficient (Wildman–Crippen LogP) is 9.63. The molecular formula is C35H46Si. The molecule has 190 valence electrons. The first-order chi connectivity index (χ1) is 17.7. The average molecular weight is 495 g/mol. The molecule has 0 aromatic rings. The zero-order valence-corrected chi connectivity index (χ0v) is 23.5. The van der Waals surface area contributed by atoms with Gasteiger partial charge in [0.15, 0.2) is 0 Å². The fourth-order valence-corrected chi connectivity index (χ4v) is 16.6. The predicted molar refractivity (Wildman–Crippen MR) is 158 cm³/mol. The minimum Gasteiger partial charge on any atom is -0.0808 e. The van der Waals surface area contributed by atoms with E-state index >= 15 is 0 Å². The molecule has 0 spiro atoms. The van der Waals surface area contributed by atoms with Crippen LogP contribution in [0.3, 0.4) is 0 Å². The number of fused-ring (bicyclic) bond motifs is 6. The number of unbranched alkanes of at least 4 members (excludes halogenated alkanes) is 5. The lowest BCUT2D eigenvalue weighted by Crippen LogP contribution is -2.49. The molecule has 0 N–H and O–H groups in total. The van der Waals surface area contributed by atoms with E-state index in [9.17, 15) is 0 Å².